The van der Waals surface area contributed by atoms with Gasteiger partial charge in [0.2, 0.25) is 5.91 Å². The lowest BCUT2D eigenvalue weighted by atomic mass is 10.2. The summed E-state index contributed by atoms with van der Waals surface area (Å²) < 4.78 is 1.74. The van der Waals surface area contributed by atoms with E-state index in [9.17, 15) is 9.59 Å². The van der Waals surface area contributed by atoms with E-state index in [1.165, 1.54) is 10.0 Å². The third-order valence-electron chi connectivity index (χ3n) is 4.11. The number of hydrogen-bond donors (Lipinski definition) is 0. The van der Waals surface area contributed by atoms with Gasteiger partial charge in [-0.05, 0) is 25.5 Å². The Labute approximate surface area is 140 Å². The van der Waals surface area contributed by atoms with Gasteiger partial charge in [0, 0.05) is 19.5 Å². The molecule has 1 aliphatic heterocycles. The van der Waals surface area contributed by atoms with E-state index in [4.69, 9.17) is 0 Å². The summed E-state index contributed by atoms with van der Waals surface area (Å²) in [6.07, 6.45) is 4.13. The SMILES string of the molecule is C=CCC(=O)N1CCCN1C(=O)c1cnn(-c2ccccc2)c1C. The minimum atomic E-state index is -0.190. The minimum absolute atomic E-state index is 0.107. The second kappa shape index (κ2) is 6.70. The Bertz CT molecular complexity index is 767. The van der Waals surface area contributed by atoms with Gasteiger partial charge in [0.05, 0.1) is 23.1 Å². The molecular formula is C18H20N4O2. The number of carbonyl (C=O) groups excluding carboxylic acids is 2. The summed E-state index contributed by atoms with van der Waals surface area (Å²) in [5.41, 5.74) is 2.17. The van der Waals surface area contributed by atoms with Crippen LogP contribution in [0.3, 0.4) is 0 Å². The molecule has 3 rings (SSSR count). The van der Waals surface area contributed by atoms with Crippen molar-refractivity contribution in [2.24, 2.45) is 0 Å². The molecule has 6 nitrogen and oxygen atoms in total. The van der Waals surface area contributed by atoms with Crippen LogP contribution >= 0.6 is 0 Å². The molecule has 124 valence electrons. The molecule has 24 heavy (non-hydrogen) atoms. The highest BCUT2D eigenvalue weighted by molar-refractivity contribution is 5.96. The molecule has 1 aromatic heterocycles. The first kappa shape index (κ1) is 16.0. The molecule has 2 heterocycles. The molecule has 0 bridgehead atoms. The summed E-state index contributed by atoms with van der Waals surface area (Å²) >= 11 is 0. The minimum Gasteiger partial charge on any atom is -0.273 e. The van der Waals surface area contributed by atoms with Gasteiger partial charge < -0.3 is 0 Å². The molecule has 6 heteroatoms. The Morgan fingerprint density at radius 3 is 2.62 bits per heavy atom. The van der Waals surface area contributed by atoms with Gasteiger partial charge in [0.1, 0.15) is 0 Å². The molecule has 0 atom stereocenters. The quantitative estimate of drug-likeness (QED) is 0.811. The standard InChI is InChI=1S/C18H20N4O2/c1-3-8-17(23)20-11-7-12-21(20)18(24)16-13-19-22(14(16)2)15-9-5-4-6-10-15/h3-6,9-10,13H,1,7-8,11-12H2,2H3. The van der Waals surface area contributed by atoms with Gasteiger partial charge in [-0.25, -0.2) is 9.69 Å². The van der Waals surface area contributed by atoms with E-state index in [0.29, 0.717) is 18.7 Å². The van der Waals surface area contributed by atoms with Crippen LogP contribution in [0.5, 0.6) is 0 Å². The Morgan fingerprint density at radius 2 is 1.92 bits per heavy atom. The Hall–Kier alpha value is -2.89. The van der Waals surface area contributed by atoms with E-state index in [1.807, 2.05) is 37.3 Å². The van der Waals surface area contributed by atoms with E-state index in [-0.39, 0.29) is 18.2 Å². The van der Waals surface area contributed by atoms with Crippen LogP contribution in [0.4, 0.5) is 0 Å². The summed E-state index contributed by atoms with van der Waals surface area (Å²) in [4.78, 5) is 25.0. The van der Waals surface area contributed by atoms with E-state index < -0.39 is 0 Å². The number of amides is 2. The van der Waals surface area contributed by atoms with Crippen LogP contribution in [0.25, 0.3) is 5.69 Å². The molecule has 0 N–H and O–H groups in total. The Morgan fingerprint density at radius 1 is 1.21 bits per heavy atom. The molecule has 1 aliphatic rings. The number of aromatic nitrogens is 2. The number of nitrogens with zero attached hydrogens (tertiary/aromatic N) is 4. The first-order chi connectivity index (χ1) is 11.6. The third kappa shape index (κ3) is 2.82. The maximum Gasteiger partial charge on any atom is 0.275 e. The van der Waals surface area contributed by atoms with Crippen LogP contribution in [0.15, 0.2) is 49.2 Å². The molecule has 1 fully saturated rings. The number of rotatable bonds is 4. The second-order valence-corrected chi connectivity index (χ2v) is 5.68. The number of hydrogen-bond acceptors (Lipinski definition) is 3. The number of para-hydroxylation sites is 1. The lowest BCUT2D eigenvalue weighted by molar-refractivity contribution is -0.139. The van der Waals surface area contributed by atoms with Crippen molar-refractivity contribution >= 4 is 11.8 Å². The van der Waals surface area contributed by atoms with Gasteiger partial charge in [-0.2, -0.15) is 5.10 Å². The maximum absolute atomic E-state index is 12.9. The van der Waals surface area contributed by atoms with E-state index >= 15 is 0 Å². The topological polar surface area (TPSA) is 58.4 Å². The molecule has 1 saturated heterocycles. The van der Waals surface area contributed by atoms with Crippen molar-refractivity contribution in [1.29, 1.82) is 0 Å². The molecule has 0 radical (unpaired) electrons. The molecule has 1 aromatic carbocycles. The zero-order valence-corrected chi connectivity index (χ0v) is 13.7. The van der Waals surface area contributed by atoms with E-state index in [2.05, 4.69) is 11.7 Å². The highest BCUT2D eigenvalue weighted by Crippen LogP contribution is 2.20. The van der Waals surface area contributed by atoms with E-state index in [0.717, 1.165) is 17.8 Å². The van der Waals surface area contributed by atoms with Crippen molar-refractivity contribution in [3.05, 3.63) is 60.4 Å². The molecule has 2 aromatic rings. The van der Waals surface area contributed by atoms with Crippen molar-refractivity contribution in [3.8, 4) is 5.69 Å². The van der Waals surface area contributed by atoms with Crippen LogP contribution in [0.1, 0.15) is 28.9 Å². The van der Waals surface area contributed by atoms with Gasteiger partial charge >= 0.3 is 0 Å². The van der Waals surface area contributed by atoms with Gasteiger partial charge in [0.15, 0.2) is 0 Å². The fourth-order valence-corrected chi connectivity index (χ4v) is 2.90. The number of carbonyl (C=O) groups is 2. The first-order valence-corrected chi connectivity index (χ1v) is 7.96. The average Bonchev–Trinajstić information content (AvgIpc) is 3.22. The molecule has 0 unspecified atom stereocenters. The number of hydrazine groups is 1. The fraction of sp³-hybridized carbons (Fsp3) is 0.278. The average molecular weight is 324 g/mol. The zero-order valence-electron chi connectivity index (χ0n) is 13.7. The Kier molecular flexibility index (Phi) is 4.46. The highest BCUT2D eigenvalue weighted by atomic mass is 16.2. The van der Waals surface area contributed by atoms with Crippen molar-refractivity contribution in [3.63, 3.8) is 0 Å². The van der Waals surface area contributed by atoms with Crippen molar-refractivity contribution in [2.45, 2.75) is 19.8 Å². The van der Waals surface area contributed by atoms with Crippen molar-refractivity contribution in [1.82, 2.24) is 19.8 Å². The third-order valence-corrected chi connectivity index (χ3v) is 4.11. The van der Waals surface area contributed by atoms with Gasteiger partial charge in [0.25, 0.3) is 5.91 Å². The summed E-state index contributed by atoms with van der Waals surface area (Å²) in [5.74, 6) is -0.298. The smallest absolute Gasteiger partial charge is 0.273 e. The van der Waals surface area contributed by atoms with Crippen LogP contribution in [-0.2, 0) is 4.79 Å². The predicted octanol–water partition coefficient (Wildman–Crippen LogP) is 2.35. The summed E-state index contributed by atoms with van der Waals surface area (Å²) in [5, 5.41) is 7.37. The van der Waals surface area contributed by atoms with Crippen molar-refractivity contribution < 1.29 is 9.59 Å². The summed E-state index contributed by atoms with van der Waals surface area (Å²) in [6.45, 7) is 6.55. The van der Waals surface area contributed by atoms with Gasteiger partial charge in [-0.1, -0.05) is 24.3 Å². The zero-order chi connectivity index (χ0) is 17.1. The van der Waals surface area contributed by atoms with Crippen LogP contribution < -0.4 is 0 Å². The maximum atomic E-state index is 12.9. The van der Waals surface area contributed by atoms with Gasteiger partial charge in [-0.15, -0.1) is 6.58 Å². The molecule has 0 saturated carbocycles. The van der Waals surface area contributed by atoms with Crippen LogP contribution in [0, 0.1) is 6.92 Å². The van der Waals surface area contributed by atoms with Gasteiger partial charge in [-0.3, -0.25) is 14.6 Å². The fourth-order valence-electron chi connectivity index (χ4n) is 2.90. The first-order valence-electron chi connectivity index (χ1n) is 7.96. The molecule has 0 spiro atoms. The lowest BCUT2D eigenvalue weighted by Crippen LogP contribution is -2.44. The van der Waals surface area contributed by atoms with E-state index in [1.54, 1.807) is 17.0 Å². The monoisotopic (exact) mass is 324 g/mol. The Balaban J connectivity index is 1.87. The summed E-state index contributed by atoms with van der Waals surface area (Å²) in [6, 6.07) is 9.65. The second-order valence-electron chi connectivity index (χ2n) is 5.68. The molecule has 2 amide bonds. The number of benzene rings is 1. The normalized spacial score (nSPS) is 14.0. The van der Waals surface area contributed by atoms with Crippen LogP contribution in [0.2, 0.25) is 0 Å². The summed E-state index contributed by atoms with van der Waals surface area (Å²) in [7, 11) is 0. The molecule has 0 aliphatic carbocycles. The highest BCUT2D eigenvalue weighted by Gasteiger charge is 2.32. The van der Waals surface area contributed by atoms with Crippen LogP contribution in [-0.4, -0.2) is 44.7 Å². The lowest BCUT2D eigenvalue weighted by Gasteiger charge is -2.27. The predicted molar refractivity (Wildman–Crippen MR) is 90.5 cm³/mol. The van der Waals surface area contributed by atoms with Crippen molar-refractivity contribution in [2.75, 3.05) is 13.1 Å². The molecular weight excluding hydrogens is 304 g/mol. The largest absolute Gasteiger partial charge is 0.275 e.